The van der Waals surface area contributed by atoms with E-state index < -0.39 is 48.5 Å². The maximum Gasteiger partial charge on any atom is 0.408 e. The van der Waals surface area contributed by atoms with Crippen LogP contribution in [0.3, 0.4) is 0 Å². The standard InChI is InChI=1S/C37H41N3O9/c41-21-20-40(23-27-12-4-1-5-13-27)33(42)22-30-18-10-11-19-31(39-37(46)49-25-29-16-8-3-9-17-29)35(44)48-26-32(38-34(30)43)36(45)47-24-28-14-6-2-7-15-28/h1-17,30-32,41H,18-26H2,(H,38,43)(H,39,46)/t30-,31-,32-/m1/s1. The third kappa shape index (κ3) is 12.2. The molecule has 0 bridgehead atoms. The molecule has 1 aliphatic heterocycles. The van der Waals surface area contributed by atoms with E-state index >= 15 is 0 Å². The summed E-state index contributed by atoms with van der Waals surface area (Å²) in [6.45, 7) is -0.641. The number of nitrogens with one attached hydrogen (secondary N) is 2. The minimum Gasteiger partial charge on any atom is -0.461 e. The van der Waals surface area contributed by atoms with E-state index in [2.05, 4.69) is 10.6 Å². The van der Waals surface area contributed by atoms with Gasteiger partial charge in [0, 0.05) is 19.5 Å². The van der Waals surface area contributed by atoms with Gasteiger partial charge in [0.25, 0.3) is 0 Å². The molecule has 0 unspecified atom stereocenters. The smallest absolute Gasteiger partial charge is 0.408 e. The molecule has 3 aromatic carbocycles. The lowest BCUT2D eigenvalue weighted by atomic mass is 9.97. The Morgan fingerprint density at radius 2 is 1.39 bits per heavy atom. The summed E-state index contributed by atoms with van der Waals surface area (Å²) in [7, 11) is 0. The molecule has 3 aromatic rings. The van der Waals surface area contributed by atoms with Crippen LogP contribution in [0, 0.1) is 5.92 Å². The highest BCUT2D eigenvalue weighted by Gasteiger charge is 2.32. The molecule has 3 N–H and O–H groups in total. The first-order valence-corrected chi connectivity index (χ1v) is 16.0. The van der Waals surface area contributed by atoms with Gasteiger partial charge in [-0.05, 0) is 29.5 Å². The van der Waals surface area contributed by atoms with Crippen LogP contribution in [-0.2, 0) is 53.1 Å². The molecule has 1 heterocycles. The van der Waals surface area contributed by atoms with Crippen LogP contribution in [0.4, 0.5) is 4.79 Å². The van der Waals surface area contributed by atoms with Crippen LogP contribution in [0.5, 0.6) is 0 Å². The van der Waals surface area contributed by atoms with E-state index in [0.717, 1.165) is 11.1 Å². The number of carbonyl (C=O) groups excluding carboxylic acids is 5. The highest BCUT2D eigenvalue weighted by Crippen LogP contribution is 2.17. The first-order valence-electron chi connectivity index (χ1n) is 16.0. The van der Waals surface area contributed by atoms with Crippen molar-refractivity contribution in [3.05, 3.63) is 120 Å². The predicted octanol–water partition coefficient (Wildman–Crippen LogP) is 3.43. The number of hydrogen-bond donors (Lipinski definition) is 3. The van der Waals surface area contributed by atoms with Gasteiger partial charge in [-0.15, -0.1) is 0 Å². The van der Waals surface area contributed by atoms with Crippen molar-refractivity contribution in [3.8, 4) is 0 Å². The molecule has 12 nitrogen and oxygen atoms in total. The van der Waals surface area contributed by atoms with Gasteiger partial charge in [0.2, 0.25) is 11.8 Å². The molecule has 0 saturated heterocycles. The summed E-state index contributed by atoms with van der Waals surface area (Å²) >= 11 is 0. The summed E-state index contributed by atoms with van der Waals surface area (Å²) in [5, 5.41) is 14.8. The number of ether oxygens (including phenoxy) is 3. The average molecular weight is 672 g/mol. The van der Waals surface area contributed by atoms with Crippen LogP contribution in [0.2, 0.25) is 0 Å². The Kier molecular flexibility index (Phi) is 14.4. The monoisotopic (exact) mass is 671 g/mol. The number of aliphatic hydroxyl groups is 1. The Morgan fingerprint density at radius 1 is 0.816 bits per heavy atom. The number of amides is 3. The maximum atomic E-state index is 13.6. The van der Waals surface area contributed by atoms with Crippen molar-refractivity contribution in [1.29, 1.82) is 0 Å². The molecule has 1 aliphatic rings. The highest BCUT2D eigenvalue weighted by atomic mass is 16.6. The second-order valence-corrected chi connectivity index (χ2v) is 11.4. The molecule has 3 atom stereocenters. The third-order valence-electron chi connectivity index (χ3n) is 7.70. The van der Waals surface area contributed by atoms with Gasteiger partial charge >= 0.3 is 18.0 Å². The zero-order valence-electron chi connectivity index (χ0n) is 27.1. The summed E-state index contributed by atoms with van der Waals surface area (Å²) in [6, 6.07) is 24.6. The summed E-state index contributed by atoms with van der Waals surface area (Å²) < 4.78 is 16.1. The number of allylic oxidation sites excluding steroid dienone is 1. The van der Waals surface area contributed by atoms with Gasteiger partial charge in [-0.1, -0.05) is 103 Å². The molecular formula is C37H41N3O9. The number of aliphatic hydroxyl groups excluding tert-OH is 1. The summed E-state index contributed by atoms with van der Waals surface area (Å²) in [4.78, 5) is 67.4. The van der Waals surface area contributed by atoms with Gasteiger partial charge in [-0.2, -0.15) is 0 Å². The zero-order chi connectivity index (χ0) is 34.8. The van der Waals surface area contributed by atoms with Gasteiger partial charge in [-0.25, -0.2) is 14.4 Å². The Labute approximate surface area is 285 Å². The zero-order valence-corrected chi connectivity index (χ0v) is 27.1. The average Bonchev–Trinajstić information content (AvgIpc) is 3.12. The van der Waals surface area contributed by atoms with E-state index in [4.69, 9.17) is 14.2 Å². The second kappa shape index (κ2) is 19.4. The summed E-state index contributed by atoms with van der Waals surface area (Å²) in [5.41, 5.74) is 2.33. The van der Waals surface area contributed by atoms with E-state index in [0.29, 0.717) is 5.56 Å². The molecule has 0 aliphatic carbocycles. The van der Waals surface area contributed by atoms with Crippen LogP contribution in [0.1, 0.15) is 36.0 Å². The van der Waals surface area contributed by atoms with E-state index in [1.807, 2.05) is 42.5 Å². The van der Waals surface area contributed by atoms with Crippen LogP contribution >= 0.6 is 0 Å². The summed E-state index contributed by atoms with van der Waals surface area (Å²) in [6.07, 6.45) is 2.26. The normalized spacial score (nSPS) is 18.1. The first-order chi connectivity index (χ1) is 23.8. The molecule has 258 valence electrons. The minimum atomic E-state index is -1.40. The minimum absolute atomic E-state index is 0.00464. The van der Waals surface area contributed by atoms with Crippen molar-refractivity contribution in [2.24, 2.45) is 5.92 Å². The first kappa shape index (κ1) is 36.3. The molecule has 0 aromatic heterocycles. The third-order valence-corrected chi connectivity index (χ3v) is 7.70. The van der Waals surface area contributed by atoms with Gasteiger partial charge in [0.15, 0.2) is 6.04 Å². The second-order valence-electron chi connectivity index (χ2n) is 11.4. The molecule has 0 spiro atoms. The quantitative estimate of drug-likeness (QED) is 0.149. The number of cyclic esters (lactones) is 1. The van der Waals surface area contributed by atoms with Crippen molar-refractivity contribution < 1.29 is 43.3 Å². The van der Waals surface area contributed by atoms with Crippen molar-refractivity contribution in [2.75, 3.05) is 19.8 Å². The van der Waals surface area contributed by atoms with Crippen LogP contribution < -0.4 is 10.6 Å². The SMILES string of the molecule is O=C(N[C@@H]1CC=CC[C@H](CC(=O)N(CCO)Cc2ccccc2)C(=O)N[C@@H](C(=O)OCc2ccccc2)COC1=O)OCc1ccccc1. The fraction of sp³-hybridized carbons (Fsp3) is 0.324. The van der Waals surface area contributed by atoms with Crippen molar-refractivity contribution >= 4 is 29.8 Å². The number of esters is 2. The fourth-order valence-electron chi connectivity index (χ4n) is 5.01. The van der Waals surface area contributed by atoms with E-state index in [9.17, 15) is 29.1 Å². The largest absolute Gasteiger partial charge is 0.461 e. The van der Waals surface area contributed by atoms with Crippen molar-refractivity contribution in [2.45, 2.75) is 51.1 Å². The van der Waals surface area contributed by atoms with Crippen molar-refractivity contribution in [3.63, 3.8) is 0 Å². The molecule has 0 saturated carbocycles. The van der Waals surface area contributed by atoms with E-state index in [1.54, 1.807) is 60.7 Å². The van der Waals surface area contributed by atoms with Gasteiger partial charge in [-0.3, -0.25) is 9.59 Å². The fourth-order valence-corrected chi connectivity index (χ4v) is 5.01. The number of alkyl carbamates (subject to hydrolysis) is 1. The van der Waals surface area contributed by atoms with Gasteiger partial charge in [0.05, 0.1) is 12.5 Å². The number of rotatable bonds is 12. The van der Waals surface area contributed by atoms with Crippen LogP contribution in [0.15, 0.2) is 103 Å². The molecule has 12 heteroatoms. The topological polar surface area (TPSA) is 161 Å². The summed E-state index contributed by atoms with van der Waals surface area (Å²) in [5.74, 6) is -3.58. The Morgan fingerprint density at radius 3 is 2.00 bits per heavy atom. The molecule has 49 heavy (non-hydrogen) atoms. The van der Waals surface area contributed by atoms with E-state index in [1.165, 1.54) is 4.90 Å². The van der Waals surface area contributed by atoms with E-state index in [-0.39, 0.29) is 58.1 Å². The lowest BCUT2D eigenvalue weighted by Gasteiger charge is -2.26. The lowest BCUT2D eigenvalue weighted by Crippen LogP contribution is -2.50. The predicted molar refractivity (Wildman–Crippen MR) is 178 cm³/mol. The molecule has 4 rings (SSSR count). The molecule has 0 radical (unpaired) electrons. The highest BCUT2D eigenvalue weighted by molar-refractivity contribution is 5.90. The molecule has 3 amide bonds. The number of nitrogens with zero attached hydrogens (tertiary/aromatic N) is 1. The number of hydrogen-bond acceptors (Lipinski definition) is 9. The number of benzene rings is 3. The maximum absolute atomic E-state index is 13.6. The Bertz CT molecular complexity index is 1550. The van der Waals surface area contributed by atoms with Crippen LogP contribution in [-0.4, -0.2) is 71.7 Å². The Balaban J connectivity index is 1.49. The van der Waals surface area contributed by atoms with Crippen LogP contribution in [0.25, 0.3) is 0 Å². The van der Waals surface area contributed by atoms with Crippen molar-refractivity contribution in [1.82, 2.24) is 15.5 Å². The molecular weight excluding hydrogens is 630 g/mol. The lowest BCUT2D eigenvalue weighted by molar-refractivity contribution is -0.156. The Hall–Kier alpha value is -5.49. The number of carbonyl (C=O) groups is 5. The molecule has 0 fully saturated rings. The van der Waals surface area contributed by atoms with Gasteiger partial charge < -0.3 is 34.9 Å². The van der Waals surface area contributed by atoms with Gasteiger partial charge in [0.1, 0.15) is 25.9 Å².